The number of anilines is 1. The van der Waals surface area contributed by atoms with Gasteiger partial charge in [0.05, 0.1) is 17.7 Å². The molecule has 3 aromatic carbocycles. The summed E-state index contributed by atoms with van der Waals surface area (Å²) < 4.78 is 34.0. The topological polar surface area (TPSA) is 96.0 Å². The molecule has 0 radical (unpaired) electrons. The smallest absolute Gasteiger partial charge is 0.264 e. The normalized spacial score (nSPS) is 14.3. The molecule has 4 rings (SSSR count). The molecule has 1 fully saturated rings. The lowest BCUT2D eigenvalue weighted by Crippen LogP contribution is -2.52. The van der Waals surface area contributed by atoms with Crippen molar-refractivity contribution in [1.82, 2.24) is 10.2 Å². The first-order chi connectivity index (χ1) is 19.6. The Morgan fingerprint density at radius 2 is 1.68 bits per heavy atom. The van der Waals surface area contributed by atoms with E-state index in [0.29, 0.717) is 10.8 Å². The first-order valence-electron chi connectivity index (χ1n) is 13.7. The summed E-state index contributed by atoms with van der Waals surface area (Å²) in [4.78, 5) is 28.8. The molecular weight excluding hydrogens is 562 g/mol. The highest BCUT2D eigenvalue weighted by atomic mass is 35.5. The standard InChI is InChI=1S/C31H36ClN3O5S/c1-22-13-16-26(19-29(22)32)35(41(38,39)28-11-5-4-6-12-28)21-30(36)34(20-24-14-17-27(40-3)18-15-24)23(2)31(37)33-25-9-7-8-10-25/h4-6,11-19,23,25H,7-10,20-21H2,1-3H3,(H,33,37)/t23-/m1/s1. The molecular formula is C31H36ClN3O5S. The lowest BCUT2D eigenvalue weighted by molar-refractivity contribution is -0.139. The quantitative estimate of drug-likeness (QED) is 0.322. The van der Waals surface area contributed by atoms with Gasteiger partial charge in [-0.2, -0.15) is 0 Å². The molecule has 0 heterocycles. The molecule has 0 unspecified atom stereocenters. The Morgan fingerprint density at radius 1 is 1.02 bits per heavy atom. The molecule has 218 valence electrons. The minimum Gasteiger partial charge on any atom is -0.497 e. The van der Waals surface area contributed by atoms with Crippen LogP contribution in [0.3, 0.4) is 0 Å². The summed E-state index contributed by atoms with van der Waals surface area (Å²) in [5, 5.41) is 3.45. The molecule has 2 amide bonds. The molecule has 0 aliphatic heterocycles. The lowest BCUT2D eigenvalue weighted by atomic mass is 10.1. The monoisotopic (exact) mass is 597 g/mol. The third-order valence-electron chi connectivity index (χ3n) is 7.43. The molecule has 10 heteroatoms. The molecule has 1 N–H and O–H groups in total. The molecule has 0 saturated heterocycles. The van der Waals surface area contributed by atoms with Gasteiger partial charge < -0.3 is 15.0 Å². The number of aryl methyl sites for hydroxylation is 1. The molecule has 0 bridgehead atoms. The zero-order valence-electron chi connectivity index (χ0n) is 23.5. The third kappa shape index (κ3) is 7.40. The molecule has 3 aromatic rings. The number of benzene rings is 3. The highest BCUT2D eigenvalue weighted by molar-refractivity contribution is 7.92. The molecule has 8 nitrogen and oxygen atoms in total. The number of amides is 2. The van der Waals surface area contributed by atoms with Crippen LogP contribution >= 0.6 is 11.6 Å². The zero-order valence-corrected chi connectivity index (χ0v) is 25.1. The predicted molar refractivity (Wildman–Crippen MR) is 161 cm³/mol. The average Bonchev–Trinajstić information content (AvgIpc) is 3.49. The van der Waals surface area contributed by atoms with Gasteiger partial charge in [0.25, 0.3) is 10.0 Å². The van der Waals surface area contributed by atoms with E-state index < -0.39 is 28.5 Å². The Balaban J connectivity index is 1.69. The van der Waals surface area contributed by atoms with E-state index in [1.165, 1.54) is 23.1 Å². The van der Waals surface area contributed by atoms with Gasteiger partial charge >= 0.3 is 0 Å². The van der Waals surface area contributed by atoms with E-state index in [0.717, 1.165) is 41.1 Å². The second-order valence-corrected chi connectivity index (χ2v) is 12.6. The van der Waals surface area contributed by atoms with Crippen LogP contribution in [0.25, 0.3) is 0 Å². The fourth-order valence-corrected chi connectivity index (χ4v) is 6.49. The highest BCUT2D eigenvalue weighted by Gasteiger charge is 2.33. The third-order valence-corrected chi connectivity index (χ3v) is 9.63. The van der Waals surface area contributed by atoms with Gasteiger partial charge in [-0.25, -0.2) is 8.42 Å². The van der Waals surface area contributed by atoms with Crippen LogP contribution in [-0.4, -0.2) is 50.9 Å². The summed E-state index contributed by atoms with van der Waals surface area (Å²) in [6.07, 6.45) is 3.92. The maximum atomic E-state index is 14.0. The van der Waals surface area contributed by atoms with Crippen molar-refractivity contribution in [3.05, 3.63) is 88.9 Å². The lowest BCUT2D eigenvalue weighted by Gasteiger charge is -2.32. The van der Waals surface area contributed by atoms with Crippen LogP contribution in [0.15, 0.2) is 77.7 Å². The fourth-order valence-electron chi connectivity index (χ4n) is 4.89. The number of methoxy groups -OCH3 is 1. The average molecular weight is 598 g/mol. The second-order valence-electron chi connectivity index (χ2n) is 10.3. The van der Waals surface area contributed by atoms with E-state index in [4.69, 9.17) is 16.3 Å². The van der Waals surface area contributed by atoms with Crippen molar-refractivity contribution in [3.8, 4) is 5.75 Å². The number of nitrogens with one attached hydrogen (secondary N) is 1. The molecule has 1 atom stereocenters. The van der Waals surface area contributed by atoms with Crippen LogP contribution in [0.1, 0.15) is 43.7 Å². The number of hydrogen-bond acceptors (Lipinski definition) is 5. The van der Waals surface area contributed by atoms with Crippen LogP contribution in [0.4, 0.5) is 5.69 Å². The summed E-state index contributed by atoms with van der Waals surface area (Å²) in [5.41, 5.74) is 1.80. The largest absolute Gasteiger partial charge is 0.497 e. The number of halogens is 1. The van der Waals surface area contributed by atoms with Crippen LogP contribution in [-0.2, 0) is 26.2 Å². The molecule has 1 aliphatic carbocycles. The molecule has 41 heavy (non-hydrogen) atoms. The summed E-state index contributed by atoms with van der Waals surface area (Å²) >= 11 is 6.38. The van der Waals surface area contributed by atoms with Gasteiger partial charge in [-0.1, -0.05) is 60.8 Å². The fraction of sp³-hybridized carbons (Fsp3) is 0.355. The van der Waals surface area contributed by atoms with Crippen LogP contribution in [0.5, 0.6) is 5.75 Å². The van der Waals surface area contributed by atoms with Crippen molar-refractivity contribution in [3.63, 3.8) is 0 Å². The maximum Gasteiger partial charge on any atom is 0.264 e. The first kappa shape index (κ1) is 30.4. The number of ether oxygens (including phenoxy) is 1. The number of nitrogens with zero attached hydrogens (tertiary/aromatic N) is 2. The first-order valence-corrected chi connectivity index (χ1v) is 15.5. The van der Waals surface area contributed by atoms with Gasteiger partial charge in [0.1, 0.15) is 18.3 Å². The van der Waals surface area contributed by atoms with Crippen molar-refractivity contribution in [2.24, 2.45) is 0 Å². The Labute approximate surface area is 247 Å². The van der Waals surface area contributed by atoms with Gasteiger partial charge in [0, 0.05) is 17.6 Å². The molecule has 0 aromatic heterocycles. The van der Waals surface area contributed by atoms with E-state index in [1.807, 2.05) is 19.1 Å². The van der Waals surface area contributed by atoms with E-state index in [2.05, 4.69) is 5.32 Å². The van der Waals surface area contributed by atoms with Gasteiger partial charge in [0.2, 0.25) is 11.8 Å². The van der Waals surface area contributed by atoms with Crippen LogP contribution in [0, 0.1) is 6.92 Å². The van der Waals surface area contributed by atoms with Gasteiger partial charge in [-0.05, 0) is 74.2 Å². The van der Waals surface area contributed by atoms with Gasteiger partial charge in [-0.3, -0.25) is 13.9 Å². The van der Waals surface area contributed by atoms with Crippen molar-refractivity contribution in [2.75, 3.05) is 18.0 Å². The summed E-state index contributed by atoms with van der Waals surface area (Å²) in [5.74, 6) is -0.129. The zero-order chi connectivity index (χ0) is 29.6. The van der Waals surface area contributed by atoms with E-state index in [9.17, 15) is 18.0 Å². The minimum absolute atomic E-state index is 0.0400. The number of carbonyl (C=O) groups excluding carboxylic acids is 2. The molecule has 0 spiro atoms. The predicted octanol–water partition coefficient (Wildman–Crippen LogP) is 5.33. The Kier molecular flexibility index (Phi) is 9.94. The molecule has 1 aliphatic rings. The Morgan fingerprint density at radius 3 is 2.29 bits per heavy atom. The minimum atomic E-state index is -4.15. The van der Waals surface area contributed by atoms with Crippen LogP contribution in [0.2, 0.25) is 5.02 Å². The summed E-state index contributed by atoms with van der Waals surface area (Å²) in [6, 6.07) is 19.2. The van der Waals surface area contributed by atoms with Gasteiger partial charge in [-0.15, -0.1) is 0 Å². The van der Waals surface area contributed by atoms with E-state index in [-0.39, 0.29) is 29.1 Å². The SMILES string of the molecule is COc1ccc(CN(C(=O)CN(c2ccc(C)c(Cl)c2)S(=O)(=O)c2ccccc2)[C@H](C)C(=O)NC2CCCC2)cc1. The van der Waals surface area contributed by atoms with E-state index in [1.54, 1.807) is 56.5 Å². The van der Waals surface area contributed by atoms with E-state index >= 15 is 0 Å². The van der Waals surface area contributed by atoms with Crippen LogP contribution < -0.4 is 14.4 Å². The Bertz CT molecular complexity index is 1460. The van der Waals surface area contributed by atoms with Crippen molar-refractivity contribution >= 4 is 39.1 Å². The number of rotatable bonds is 11. The summed E-state index contributed by atoms with van der Waals surface area (Å²) in [6.45, 7) is 3.07. The number of carbonyl (C=O) groups is 2. The van der Waals surface area contributed by atoms with Crippen molar-refractivity contribution in [1.29, 1.82) is 0 Å². The van der Waals surface area contributed by atoms with Gasteiger partial charge in [0.15, 0.2) is 0 Å². The van der Waals surface area contributed by atoms with Crippen molar-refractivity contribution < 1.29 is 22.7 Å². The maximum absolute atomic E-state index is 14.0. The van der Waals surface area contributed by atoms with Crippen molar-refractivity contribution in [2.45, 2.75) is 63.1 Å². The summed E-state index contributed by atoms with van der Waals surface area (Å²) in [7, 11) is -2.58. The molecule has 1 saturated carbocycles. The number of sulfonamides is 1. The highest BCUT2D eigenvalue weighted by Crippen LogP contribution is 2.29. The Hall–Kier alpha value is -3.56. The number of hydrogen-bond donors (Lipinski definition) is 1. The second kappa shape index (κ2) is 13.4.